The van der Waals surface area contributed by atoms with Gasteiger partial charge in [-0.2, -0.15) is 0 Å². The first kappa shape index (κ1) is 22.0. The van der Waals surface area contributed by atoms with Crippen molar-refractivity contribution in [2.75, 3.05) is 18.4 Å². The highest BCUT2D eigenvalue weighted by Crippen LogP contribution is 2.24. The fraction of sp³-hybridized carbons (Fsp3) is 0.240. The summed E-state index contributed by atoms with van der Waals surface area (Å²) in [7, 11) is 0. The molecule has 1 aliphatic rings. The number of ketones is 1. The average Bonchev–Trinajstić information content (AvgIpc) is 3.25. The van der Waals surface area contributed by atoms with Crippen molar-refractivity contribution in [3.05, 3.63) is 87.8 Å². The molecule has 2 aromatic carbocycles. The van der Waals surface area contributed by atoms with E-state index in [2.05, 4.69) is 21.2 Å². The summed E-state index contributed by atoms with van der Waals surface area (Å²) in [6.45, 7) is 3.05. The van der Waals surface area contributed by atoms with Crippen LogP contribution >= 0.6 is 15.9 Å². The molecule has 0 unspecified atom stereocenters. The molecule has 1 aromatic heterocycles. The van der Waals surface area contributed by atoms with E-state index in [4.69, 9.17) is 4.42 Å². The highest BCUT2D eigenvalue weighted by molar-refractivity contribution is 9.10. The van der Waals surface area contributed by atoms with E-state index in [-0.39, 0.29) is 23.4 Å². The van der Waals surface area contributed by atoms with Crippen molar-refractivity contribution in [2.45, 2.75) is 19.8 Å². The van der Waals surface area contributed by atoms with Crippen LogP contribution in [-0.4, -0.2) is 35.6 Å². The van der Waals surface area contributed by atoms with Crippen LogP contribution in [0.4, 0.5) is 5.69 Å². The lowest BCUT2D eigenvalue weighted by Crippen LogP contribution is -2.40. The van der Waals surface area contributed by atoms with Crippen LogP contribution in [0.3, 0.4) is 0 Å². The zero-order valence-electron chi connectivity index (χ0n) is 17.6. The predicted molar refractivity (Wildman–Crippen MR) is 125 cm³/mol. The summed E-state index contributed by atoms with van der Waals surface area (Å²) >= 11 is 3.17. The van der Waals surface area contributed by atoms with Gasteiger partial charge in [-0.15, -0.1) is 0 Å². The predicted octanol–water partition coefficient (Wildman–Crippen LogP) is 5.34. The van der Waals surface area contributed by atoms with Gasteiger partial charge in [0.25, 0.3) is 11.8 Å². The van der Waals surface area contributed by atoms with E-state index in [0.29, 0.717) is 41.9 Å². The summed E-state index contributed by atoms with van der Waals surface area (Å²) in [6, 6.07) is 17.7. The van der Waals surface area contributed by atoms with Gasteiger partial charge in [0.2, 0.25) is 0 Å². The number of Topliss-reactive ketones (excluding diaryl/α,β-unsaturated/α-hetero) is 1. The van der Waals surface area contributed by atoms with E-state index in [1.165, 1.54) is 0 Å². The van der Waals surface area contributed by atoms with Crippen molar-refractivity contribution >= 4 is 39.2 Å². The zero-order valence-corrected chi connectivity index (χ0v) is 19.2. The molecule has 32 heavy (non-hydrogen) atoms. The summed E-state index contributed by atoms with van der Waals surface area (Å²) < 4.78 is 5.73. The van der Waals surface area contributed by atoms with Crippen LogP contribution in [0.1, 0.15) is 49.7 Å². The number of benzene rings is 2. The number of nitrogens with one attached hydrogen (secondary N) is 1. The summed E-state index contributed by atoms with van der Waals surface area (Å²) in [6.07, 6.45) is 1.28. The Morgan fingerprint density at radius 3 is 2.34 bits per heavy atom. The van der Waals surface area contributed by atoms with Gasteiger partial charge in [0, 0.05) is 35.8 Å². The number of rotatable bonds is 5. The number of aryl methyl sites for hydroxylation is 1. The van der Waals surface area contributed by atoms with Crippen LogP contribution in [0.25, 0.3) is 0 Å². The molecule has 1 aliphatic heterocycles. The number of carbonyl (C=O) groups excluding carboxylic acids is 3. The van der Waals surface area contributed by atoms with Crippen LogP contribution in [0.5, 0.6) is 0 Å². The SMILES string of the molecule is Cc1ccc(C(=O)C2CCN(C(=O)c3cccc(NC(=O)c4ccc(Br)o4)c3)CC2)cc1. The van der Waals surface area contributed by atoms with Gasteiger partial charge in [-0.05, 0) is 66.0 Å². The Morgan fingerprint density at radius 1 is 0.969 bits per heavy atom. The summed E-state index contributed by atoms with van der Waals surface area (Å²) in [4.78, 5) is 39.8. The molecule has 7 heteroatoms. The number of piperidine rings is 1. The first-order chi connectivity index (χ1) is 15.4. The number of nitrogens with zero attached hydrogens (tertiary/aromatic N) is 1. The number of hydrogen-bond acceptors (Lipinski definition) is 4. The maximum atomic E-state index is 13.0. The summed E-state index contributed by atoms with van der Waals surface area (Å²) in [5.41, 5.74) is 2.86. The Labute approximate surface area is 194 Å². The Morgan fingerprint density at radius 2 is 1.69 bits per heavy atom. The number of likely N-dealkylation sites (tertiary alicyclic amines) is 1. The minimum Gasteiger partial charge on any atom is -0.444 e. The molecule has 0 spiro atoms. The molecule has 1 N–H and O–H groups in total. The van der Waals surface area contributed by atoms with Gasteiger partial charge in [-0.25, -0.2) is 0 Å². The highest BCUT2D eigenvalue weighted by Gasteiger charge is 2.28. The summed E-state index contributed by atoms with van der Waals surface area (Å²) in [5, 5.41) is 2.74. The number of furan rings is 1. The maximum absolute atomic E-state index is 13.0. The Bertz CT molecular complexity index is 1140. The van der Waals surface area contributed by atoms with Crippen LogP contribution in [0.15, 0.2) is 69.8 Å². The molecular weight excluding hydrogens is 472 g/mol. The first-order valence-corrected chi connectivity index (χ1v) is 11.3. The van der Waals surface area contributed by atoms with Crippen molar-refractivity contribution in [3.63, 3.8) is 0 Å². The molecule has 0 radical (unpaired) electrons. The summed E-state index contributed by atoms with van der Waals surface area (Å²) in [5.74, 6) is -0.251. The van der Waals surface area contributed by atoms with E-state index >= 15 is 0 Å². The van der Waals surface area contributed by atoms with Gasteiger partial charge in [0.15, 0.2) is 16.2 Å². The molecule has 0 bridgehead atoms. The monoisotopic (exact) mass is 494 g/mol. The fourth-order valence-electron chi connectivity index (χ4n) is 3.84. The molecule has 1 saturated heterocycles. The lowest BCUT2D eigenvalue weighted by molar-refractivity contribution is 0.0650. The van der Waals surface area contributed by atoms with Crippen molar-refractivity contribution in [1.82, 2.24) is 4.90 Å². The second kappa shape index (κ2) is 9.53. The number of amides is 2. The van der Waals surface area contributed by atoms with E-state index < -0.39 is 5.91 Å². The quantitative estimate of drug-likeness (QED) is 0.485. The maximum Gasteiger partial charge on any atom is 0.291 e. The fourth-order valence-corrected chi connectivity index (χ4v) is 4.15. The van der Waals surface area contributed by atoms with E-state index in [9.17, 15) is 14.4 Å². The van der Waals surface area contributed by atoms with Gasteiger partial charge in [0.1, 0.15) is 0 Å². The Hall–Kier alpha value is -3.19. The molecule has 0 aliphatic carbocycles. The number of hydrogen-bond donors (Lipinski definition) is 1. The van der Waals surface area contributed by atoms with Crippen LogP contribution in [0.2, 0.25) is 0 Å². The molecule has 164 valence electrons. The normalized spacial score (nSPS) is 14.2. The smallest absolute Gasteiger partial charge is 0.291 e. The first-order valence-electron chi connectivity index (χ1n) is 10.5. The van der Waals surface area contributed by atoms with Gasteiger partial charge in [-0.3, -0.25) is 14.4 Å². The third kappa shape index (κ3) is 4.99. The molecule has 4 rings (SSSR count). The van der Waals surface area contributed by atoms with Crippen LogP contribution < -0.4 is 5.32 Å². The van der Waals surface area contributed by atoms with Crippen molar-refractivity contribution in [1.29, 1.82) is 0 Å². The van der Waals surface area contributed by atoms with E-state index in [1.54, 1.807) is 41.3 Å². The highest BCUT2D eigenvalue weighted by atomic mass is 79.9. The van der Waals surface area contributed by atoms with Crippen molar-refractivity contribution in [3.8, 4) is 0 Å². The molecular formula is C25H23BrN2O4. The van der Waals surface area contributed by atoms with E-state index in [0.717, 1.165) is 11.1 Å². The number of halogens is 1. The molecule has 0 atom stereocenters. The largest absolute Gasteiger partial charge is 0.444 e. The van der Waals surface area contributed by atoms with Crippen molar-refractivity contribution < 1.29 is 18.8 Å². The lowest BCUT2D eigenvalue weighted by Gasteiger charge is -2.31. The van der Waals surface area contributed by atoms with E-state index in [1.807, 2.05) is 31.2 Å². The van der Waals surface area contributed by atoms with Crippen LogP contribution in [0, 0.1) is 12.8 Å². The molecule has 1 fully saturated rings. The van der Waals surface area contributed by atoms with Gasteiger partial charge >= 0.3 is 0 Å². The molecule has 6 nitrogen and oxygen atoms in total. The molecule has 2 amide bonds. The number of carbonyl (C=O) groups is 3. The minimum absolute atomic E-state index is 0.0694. The minimum atomic E-state index is -0.393. The van der Waals surface area contributed by atoms with Crippen LogP contribution in [-0.2, 0) is 0 Å². The number of anilines is 1. The average molecular weight is 495 g/mol. The zero-order chi connectivity index (χ0) is 22.7. The Kier molecular flexibility index (Phi) is 6.55. The topological polar surface area (TPSA) is 79.6 Å². The van der Waals surface area contributed by atoms with Gasteiger partial charge in [-0.1, -0.05) is 35.9 Å². The molecule has 0 saturated carbocycles. The second-order valence-electron chi connectivity index (χ2n) is 7.94. The Balaban J connectivity index is 1.37. The standard InChI is InChI=1S/C25H23BrN2O4/c1-16-5-7-17(8-6-16)23(29)18-11-13-28(14-12-18)25(31)19-3-2-4-20(15-19)27-24(30)21-9-10-22(26)32-21/h2-10,15,18H,11-14H2,1H3,(H,27,30). The molecule has 2 heterocycles. The second-order valence-corrected chi connectivity index (χ2v) is 8.72. The van der Waals surface area contributed by atoms with Crippen molar-refractivity contribution in [2.24, 2.45) is 5.92 Å². The third-order valence-electron chi connectivity index (χ3n) is 5.65. The van der Waals surface area contributed by atoms with Gasteiger partial charge < -0.3 is 14.6 Å². The molecule has 3 aromatic rings. The third-order valence-corrected chi connectivity index (χ3v) is 6.08. The lowest BCUT2D eigenvalue weighted by atomic mass is 9.88. The van der Waals surface area contributed by atoms with Gasteiger partial charge in [0.05, 0.1) is 0 Å².